The Morgan fingerprint density at radius 2 is 1.91 bits per heavy atom. The summed E-state index contributed by atoms with van der Waals surface area (Å²) in [5.41, 5.74) is 2.05. The third-order valence-electron chi connectivity index (χ3n) is 4.79. The Morgan fingerprint density at radius 3 is 2.62 bits per heavy atom. The van der Waals surface area contributed by atoms with E-state index >= 15 is 0 Å². The fourth-order valence-corrected chi connectivity index (χ4v) is 5.50. The Hall–Kier alpha value is -2.82. The van der Waals surface area contributed by atoms with Crippen molar-refractivity contribution in [2.24, 2.45) is 0 Å². The summed E-state index contributed by atoms with van der Waals surface area (Å²) in [7, 11) is -1.39. The van der Waals surface area contributed by atoms with Crippen LogP contribution in [0.25, 0.3) is 11.1 Å². The van der Waals surface area contributed by atoms with Gasteiger partial charge in [-0.2, -0.15) is 0 Å². The van der Waals surface area contributed by atoms with E-state index < -0.39 is 16.0 Å². The molecule has 1 aromatic heterocycles. The van der Waals surface area contributed by atoms with Crippen LogP contribution < -0.4 is 14.2 Å². The molecule has 1 aliphatic heterocycles. The molecule has 0 fully saturated rings. The van der Waals surface area contributed by atoms with Gasteiger partial charge in [-0.1, -0.05) is 17.7 Å². The van der Waals surface area contributed by atoms with Crippen molar-refractivity contribution >= 4 is 49.2 Å². The van der Waals surface area contributed by atoms with Crippen LogP contribution in [-0.2, 0) is 21.4 Å². The van der Waals surface area contributed by atoms with E-state index in [1.54, 1.807) is 24.3 Å². The molecule has 11 heteroatoms. The van der Waals surface area contributed by atoms with Crippen molar-refractivity contribution in [2.75, 3.05) is 18.9 Å². The van der Waals surface area contributed by atoms with Crippen LogP contribution in [0.3, 0.4) is 0 Å². The number of hydrogen-bond donors (Lipinski definition) is 1. The molecule has 8 nitrogen and oxygen atoms in total. The van der Waals surface area contributed by atoms with Crippen molar-refractivity contribution < 1.29 is 27.4 Å². The van der Waals surface area contributed by atoms with E-state index in [-0.39, 0.29) is 38.0 Å². The number of hydrogen-bond acceptors (Lipinski definition) is 7. The van der Waals surface area contributed by atoms with Crippen LogP contribution in [0.4, 0.5) is 5.69 Å². The number of carbonyl (C=O) groups excluding carboxylic acids is 1. The van der Waals surface area contributed by atoms with Crippen LogP contribution >= 0.6 is 27.5 Å². The maximum atomic E-state index is 13.3. The molecule has 0 saturated heterocycles. The molecule has 0 atom stereocenters. The molecule has 2 heterocycles. The number of anilines is 1. The second-order valence-corrected chi connectivity index (χ2v) is 9.66. The maximum absolute atomic E-state index is 13.3. The predicted molar refractivity (Wildman–Crippen MR) is 122 cm³/mol. The molecular weight excluding hydrogens is 524 g/mol. The van der Waals surface area contributed by atoms with E-state index in [0.717, 1.165) is 0 Å². The number of carbonyl (C=O) groups is 1. The zero-order valence-corrected chi connectivity index (χ0v) is 20.0. The SMILES string of the molecule is COc1cc2c(cn1)COC(=O)c1cc(Br)c(OC)c(c1)S(=O)(=O)Nc1cc-2ccc1Cl. The summed E-state index contributed by atoms with van der Waals surface area (Å²) < 4.78 is 45.2. The molecule has 4 rings (SSSR count). The molecule has 0 saturated carbocycles. The number of sulfonamides is 1. The second kappa shape index (κ2) is 8.61. The molecule has 2 aromatic carbocycles. The summed E-state index contributed by atoms with van der Waals surface area (Å²) in [6.45, 7) is -0.0950. The highest BCUT2D eigenvalue weighted by molar-refractivity contribution is 9.10. The van der Waals surface area contributed by atoms with Gasteiger partial charge in [0.2, 0.25) is 5.88 Å². The first-order chi connectivity index (χ1) is 15.2. The third kappa shape index (κ3) is 4.13. The lowest BCUT2D eigenvalue weighted by atomic mass is 10.0. The standard InChI is InChI=1S/C21H16BrClN2O6S/c1-29-19-8-14-11-3-4-16(23)17(6-11)25-32(27,28)18-7-12(5-15(22)20(18)30-2)21(26)31-10-13(14)9-24-19/h3-9,25H,10H2,1-2H3. The predicted octanol–water partition coefficient (Wildman–Crippen LogP) is 4.65. The number of rotatable bonds is 2. The zero-order chi connectivity index (χ0) is 23.0. The molecule has 1 aliphatic rings. The van der Waals surface area contributed by atoms with Gasteiger partial charge in [0.15, 0.2) is 5.75 Å². The van der Waals surface area contributed by atoms with Crippen molar-refractivity contribution in [1.29, 1.82) is 0 Å². The molecule has 4 bridgehead atoms. The van der Waals surface area contributed by atoms with Crippen LogP contribution in [-0.4, -0.2) is 33.6 Å². The quantitative estimate of drug-likeness (QED) is 0.473. The average Bonchev–Trinajstić information content (AvgIpc) is 2.77. The number of nitrogens with zero attached hydrogens (tertiary/aromatic N) is 1. The van der Waals surface area contributed by atoms with E-state index in [1.165, 1.54) is 32.5 Å². The molecule has 0 spiro atoms. The minimum Gasteiger partial charge on any atom is -0.494 e. The van der Waals surface area contributed by atoms with Gasteiger partial charge in [-0.25, -0.2) is 18.2 Å². The normalized spacial score (nSPS) is 14.6. The second-order valence-electron chi connectivity index (χ2n) is 6.75. The molecule has 1 N–H and O–H groups in total. The van der Waals surface area contributed by atoms with Gasteiger partial charge in [-0.3, -0.25) is 4.72 Å². The summed E-state index contributed by atoms with van der Waals surface area (Å²) in [5, 5.41) is 0.191. The number of pyridine rings is 1. The Balaban J connectivity index is 1.98. The zero-order valence-electron chi connectivity index (χ0n) is 16.8. The van der Waals surface area contributed by atoms with Crippen molar-refractivity contribution in [2.45, 2.75) is 11.5 Å². The highest BCUT2D eigenvalue weighted by Gasteiger charge is 2.26. The highest BCUT2D eigenvalue weighted by atomic mass is 79.9. The van der Waals surface area contributed by atoms with Crippen LogP contribution in [0, 0.1) is 0 Å². The summed E-state index contributed by atoms with van der Waals surface area (Å²) in [5.74, 6) is -0.333. The lowest BCUT2D eigenvalue weighted by Crippen LogP contribution is -2.16. The molecule has 0 unspecified atom stereocenters. The number of ether oxygens (including phenoxy) is 3. The van der Waals surface area contributed by atoms with Gasteiger partial charge in [0.1, 0.15) is 11.5 Å². The minimum absolute atomic E-state index is 0.0260. The summed E-state index contributed by atoms with van der Waals surface area (Å²) in [6.07, 6.45) is 1.54. The van der Waals surface area contributed by atoms with E-state index in [2.05, 4.69) is 25.6 Å². The fraction of sp³-hybridized carbons (Fsp3) is 0.143. The van der Waals surface area contributed by atoms with E-state index in [0.29, 0.717) is 22.6 Å². The minimum atomic E-state index is -4.19. The first-order valence-electron chi connectivity index (χ1n) is 9.14. The molecule has 0 aliphatic carbocycles. The van der Waals surface area contributed by atoms with Gasteiger partial charge in [0, 0.05) is 17.8 Å². The number of esters is 1. The Labute approximate surface area is 197 Å². The number of methoxy groups -OCH3 is 2. The number of benzene rings is 2. The molecule has 0 radical (unpaired) electrons. The fourth-order valence-electron chi connectivity index (χ4n) is 3.24. The molecule has 32 heavy (non-hydrogen) atoms. The van der Waals surface area contributed by atoms with Crippen LogP contribution in [0.1, 0.15) is 15.9 Å². The first-order valence-corrected chi connectivity index (χ1v) is 11.8. The third-order valence-corrected chi connectivity index (χ3v) is 7.08. The van der Waals surface area contributed by atoms with Gasteiger partial charge in [-0.15, -0.1) is 0 Å². The molecule has 3 aromatic rings. The Bertz CT molecular complexity index is 1350. The van der Waals surface area contributed by atoms with Gasteiger partial charge in [-0.05, 0) is 51.3 Å². The van der Waals surface area contributed by atoms with Gasteiger partial charge >= 0.3 is 5.97 Å². The monoisotopic (exact) mass is 538 g/mol. The number of halogens is 2. The van der Waals surface area contributed by atoms with Crippen molar-refractivity contribution in [1.82, 2.24) is 4.98 Å². The largest absolute Gasteiger partial charge is 0.494 e. The average molecular weight is 540 g/mol. The topological polar surface area (TPSA) is 104 Å². The summed E-state index contributed by atoms with van der Waals surface area (Å²) >= 11 is 9.56. The first kappa shape index (κ1) is 22.4. The van der Waals surface area contributed by atoms with Crippen LogP contribution in [0.5, 0.6) is 11.6 Å². The lowest BCUT2D eigenvalue weighted by molar-refractivity contribution is 0.0472. The van der Waals surface area contributed by atoms with E-state index in [9.17, 15) is 13.2 Å². The summed E-state index contributed by atoms with van der Waals surface area (Å²) in [4.78, 5) is 16.7. The number of nitrogens with one attached hydrogen (secondary N) is 1. The molecule has 0 amide bonds. The molecular formula is C21H16BrClN2O6S. The van der Waals surface area contributed by atoms with Gasteiger partial charge in [0.05, 0.1) is 35.0 Å². The van der Waals surface area contributed by atoms with Crippen LogP contribution in [0.15, 0.2) is 52.0 Å². The van der Waals surface area contributed by atoms with Crippen molar-refractivity contribution in [3.05, 3.63) is 63.2 Å². The van der Waals surface area contributed by atoms with Gasteiger partial charge in [0.25, 0.3) is 10.0 Å². The van der Waals surface area contributed by atoms with Crippen molar-refractivity contribution in [3.63, 3.8) is 0 Å². The smallest absolute Gasteiger partial charge is 0.338 e. The van der Waals surface area contributed by atoms with Crippen molar-refractivity contribution in [3.8, 4) is 22.8 Å². The van der Waals surface area contributed by atoms with Gasteiger partial charge < -0.3 is 14.2 Å². The lowest BCUT2D eigenvalue weighted by Gasteiger charge is -2.15. The number of fused-ring (bicyclic) bond motifs is 6. The highest BCUT2D eigenvalue weighted by Crippen LogP contribution is 2.38. The summed E-state index contributed by atoms with van der Waals surface area (Å²) in [6, 6.07) is 9.17. The van der Waals surface area contributed by atoms with Crippen LogP contribution in [0.2, 0.25) is 5.02 Å². The Morgan fingerprint density at radius 1 is 1.12 bits per heavy atom. The maximum Gasteiger partial charge on any atom is 0.338 e. The van der Waals surface area contributed by atoms with E-state index in [4.69, 9.17) is 25.8 Å². The molecule has 166 valence electrons. The van der Waals surface area contributed by atoms with E-state index in [1.807, 2.05) is 0 Å². The number of aromatic nitrogens is 1. The Kier molecular flexibility index (Phi) is 6.02. The number of cyclic esters (lactones) is 1.